The van der Waals surface area contributed by atoms with Gasteiger partial charge in [-0.2, -0.15) is 5.10 Å². The third-order valence-corrected chi connectivity index (χ3v) is 8.86. The highest BCUT2D eigenvalue weighted by Crippen LogP contribution is 2.36. The Hall–Kier alpha value is -3.32. The smallest absolute Gasteiger partial charge is 0.226 e. The molecule has 41 heavy (non-hydrogen) atoms. The van der Waals surface area contributed by atoms with Crippen molar-refractivity contribution >= 4 is 46.1 Å². The van der Waals surface area contributed by atoms with Crippen LogP contribution in [0.5, 0.6) is 0 Å². The van der Waals surface area contributed by atoms with Gasteiger partial charge in [0.1, 0.15) is 0 Å². The van der Waals surface area contributed by atoms with Crippen molar-refractivity contribution in [3.63, 3.8) is 0 Å². The third kappa shape index (κ3) is 6.45. The summed E-state index contributed by atoms with van der Waals surface area (Å²) in [5, 5.41) is 12.0. The van der Waals surface area contributed by atoms with Crippen LogP contribution >= 0.6 is 11.6 Å². The second kappa shape index (κ2) is 11.9. The molecule has 3 heterocycles. The number of aromatic nitrogens is 2. The molecule has 8 heteroatoms. The zero-order valence-electron chi connectivity index (χ0n) is 24.9. The predicted octanol–water partition coefficient (Wildman–Crippen LogP) is 6.54. The van der Waals surface area contributed by atoms with Crippen LogP contribution in [0.3, 0.4) is 0 Å². The lowest BCUT2D eigenvalue weighted by Crippen LogP contribution is -2.43. The lowest BCUT2D eigenvalue weighted by atomic mass is 9.88. The van der Waals surface area contributed by atoms with Gasteiger partial charge in [0.15, 0.2) is 0 Å². The zero-order valence-corrected chi connectivity index (χ0v) is 25.6. The van der Waals surface area contributed by atoms with Gasteiger partial charge in [-0.25, -0.2) is 0 Å². The molecule has 3 aromatic rings. The van der Waals surface area contributed by atoms with E-state index in [0.717, 1.165) is 40.6 Å². The average molecular weight is 576 g/mol. The molecule has 1 atom stereocenters. The molecule has 2 amide bonds. The number of hydrogen-bond donors (Lipinski definition) is 2. The van der Waals surface area contributed by atoms with E-state index in [1.54, 1.807) is 6.20 Å². The van der Waals surface area contributed by atoms with E-state index in [-0.39, 0.29) is 23.7 Å². The molecule has 1 aromatic heterocycles. The van der Waals surface area contributed by atoms with Gasteiger partial charge in [0.2, 0.25) is 11.8 Å². The zero-order chi connectivity index (χ0) is 29.3. The monoisotopic (exact) mass is 575 g/mol. The number of nitrogens with one attached hydrogen (secondary N) is 2. The van der Waals surface area contributed by atoms with Crippen molar-refractivity contribution in [2.75, 3.05) is 32.0 Å². The Morgan fingerprint density at radius 2 is 1.95 bits per heavy atom. The number of halogens is 1. The summed E-state index contributed by atoms with van der Waals surface area (Å²) >= 11 is 6.60. The van der Waals surface area contributed by atoms with Gasteiger partial charge in [-0.05, 0) is 66.3 Å². The fourth-order valence-corrected chi connectivity index (χ4v) is 6.71. The normalized spacial score (nSPS) is 18.9. The summed E-state index contributed by atoms with van der Waals surface area (Å²) in [4.78, 5) is 31.4. The van der Waals surface area contributed by atoms with E-state index < -0.39 is 5.92 Å². The second-order valence-corrected chi connectivity index (χ2v) is 13.3. The van der Waals surface area contributed by atoms with Crippen molar-refractivity contribution in [1.29, 1.82) is 0 Å². The van der Waals surface area contributed by atoms with Crippen LogP contribution in [0.4, 0.5) is 5.69 Å². The van der Waals surface area contributed by atoms with Crippen molar-refractivity contribution in [1.82, 2.24) is 20.0 Å². The largest absolute Gasteiger partial charge is 0.388 e. The Bertz CT molecular complexity index is 1460. The molecule has 0 aliphatic carbocycles. The highest BCUT2D eigenvalue weighted by molar-refractivity contribution is 6.35. The Balaban J connectivity index is 1.30. The number of likely N-dealkylation sites (tertiary alicyclic amines) is 1. The topological polar surface area (TPSA) is 81.3 Å². The van der Waals surface area contributed by atoms with Crippen LogP contribution in [0.1, 0.15) is 63.6 Å². The standard InChI is InChI=1S/C33H42ClN5O2/c1-21(14-23-8-6-7-9-29(23)35-5)22-10-12-38(13-11-22)30(40)17-25-15-24-16-28(34)31-26(18-36-37-31)27(24)19-39(32(25)41)20-33(2,3)4/h6-9,14,16,18,22,25,35H,10-13,15,17,19-20H2,1-5H3,(H,36,37)/b21-14+/t25-/m0/s1. The maximum absolute atomic E-state index is 13.9. The first kappa shape index (κ1) is 29.2. The van der Waals surface area contributed by atoms with Gasteiger partial charge in [-0.15, -0.1) is 0 Å². The Labute approximate surface area is 248 Å². The molecule has 1 fully saturated rings. The molecular formula is C33H42ClN5O2. The van der Waals surface area contributed by atoms with Crippen molar-refractivity contribution in [2.24, 2.45) is 17.3 Å². The maximum Gasteiger partial charge on any atom is 0.226 e. The van der Waals surface area contributed by atoms with E-state index in [0.29, 0.717) is 43.5 Å². The van der Waals surface area contributed by atoms with Crippen LogP contribution in [0.2, 0.25) is 5.02 Å². The first-order chi connectivity index (χ1) is 19.5. The highest BCUT2D eigenvalue weighted by Gasteiger charge is 2.35. The SMILES string of the molecule is CNc1ccccc1/C=C(\C)C1CCN(C(=O)C[C@@H]2Cc3cc(Cl)c4[nH]ncc4c3CN(CC(C)(C)C)C2=O)CC1. The number of fused-ring (bicyclic) bond motifs is 3. The van der Waals surface area contributed by atoms with E-state index in [1.165, 1.54) is 11.1 Å². The van der Waals surface area contributed by atoms with Crippen LogP contribution in [0.15, 0.2) is 42.1 Å². The summed E-state index contributed by atoms with van der Waals surface area (Å²) in [6, 6.07) is 10.3. The summed E-state index contributed by atoms with van der Waals surface area (Å²) < 4.78 is 0. The predicted molar refractivity (Wildman–Crippen MR) is 167 cm³/mol. The quantitative estimate of drug-likeness (QED) is 0.350. The van der Waals surface area contributed by atoms with Gasteiger partial charge >= 0.3 is 0 Å². The minimum atomic E-state index is -0.413. The van der Waals surface area contributed by atoms with Crippen LogP contribution in [0.25, 0.3) is 17.0 Å². The second-order valence-electron chi connectivity index (χ2n) is 12.9. The molecule has 0 bridgehead atoms. The number of para-hydroxylation sites is 1. The number of allylic oxidation sites excluding steroid dienone is 1. The summed E-state index contributed by atoms with van der Waals surface area (Å²) in [6.45, 7) is 11.2. The number of aromatic amines is 1. The number of piperidine rings is 1. The first-order valence-corrected chi connectivity index (χ1v) is 15.1. The molecule has 2 aromatic carbocycles. The number of hydrogen-bond acceptors (Lipinski definition) is 4. The lowest BCUT2D eigenvalue weighted by molar-refractivity contribution is -0.142. The highest BCUT2D eigenvalue weighted by atomic mass is 35.5. The van der Waals surface area contributed by atoms with E-state index in [4.69, 9.17) is 11.6 Å². The molecule has 218 valence electrons. The lowest BCUT2D eigenvalue weighted by Gasteiger charge is -2.34. The van der Waals surface area contributed by atoms with Crippen LogP contribution in [-0.2, 0) is 22.6 Å². The summed E-state index contributed by atoms with van der Waals surface area (Å²) in [5.41, 5.74) is 6.48. The van der Waals surface area contributed by atoms with E-state index in [9.17, 15) is 9.59 Å². The minimum Gasteiger partial charge on any atom is -0.388 e. The van der Waals surface area contributed by atoms with Gasteiger partial charge < -0.3 is 15.1 Å². The molecule has 0 saturated carbocycles. The van der Waals surface area contributed by atoms with Crippen molar-refractivity contribution < 1.29 is 9.59 Å². The van der Waals surface area contributed by atoms with Crippen LogP contribution < -0.4 is 5.32 Å². The first-order valence-electron chi connectivity index (χ1n) is 14.7. The van der Waals surface area contributed by atoms with Crippen molar-refractivity contribution in [2.45, 2.75) is 59.9 Å². The average Bonchev–Trinajstić information content (AvgIpc) is 3.40. The van der Waals surface area contributed by atoms with Gasteiger partial charge in [0.05, 0.1) is 22.7 Å². The molecule has 5 rings (SSSR count). The number of H-pyrrole nitrogens is 1. The van der Waals surface area contributed by atoms with E-state index in [2.05, 4.69) is 67.5 Å². The molecule has 2 aliphatic rings. The minimum absolute atomic E-state index is 0.0501. The van der Waals surface area contributed by atoms with Gasteiger partial charge in [0, 0.05) is 50.7 Å². The molecule has 7 nitrogen and oxygen atoms in total. The maximum atomic E-state index is 13.9. The number of benzene rings is 2. The molecule has 0 spiro atoms. The number of amides is 2. The Kier molecular flexibility index (Phi) is 8.46. The third-order valence-electron chi connectivity index (χ3n) is 8.56. The number of anilines is 1. The van der Waals surface area contributed by atoms with Crippen LogP contribution in [0, 0.1) is 17.3 Å². The number of nitrogens with zero attached hydrogens (tertiary/aromatic N) is 3. The number of carbonyl (C=O) groups is 2. The fourth-order valence-electron chi connectivity index (χ4n) is 6.43. The fraction of sp³-hybridized carbons (Fsp3) is 0.485. The molecule has 2 aliphatic heterocycles. The molecular weight excluding hydrogens is 534 g/mol. The number of rotatable bonds is 6. The van der Waals surface area contributed by atoms with Gasteiger partial charge in [0.25, 0.3) is 0 Å². The Morgan fingerprint density at radius 1 is 1.22 bits per heavy atom. The molecule has 1 saturated heterocycles. The molecule has 0 unspecified atom stereocenters. The molecule has 0 radical (unpaired) electrons. The van der Waals surface area contributed by atoms with Crippen molar-refractivity contribution in [3.05, 3.63) is 63.8 Å². The van der Waals surface area contributed by atoms with Gasteiger partial charge in [-0.1, -0.05) is 62.2 Å². The van der Waals surface area contributed by atoms with Crippen molar-refractivity contribution in [3.8, 4) is 0 Å². The number of carbonyl (C=O) groups excluding carboxylic acids is 2. The summed E-state index contributed by atoms with van der Waals surface area (Å²) in [7, 11) is 1.94. The summed E-state index contributed by atoms with van der Waals surface area (Å²) in [6.07, 6.45) is 6.65. The van der Waals surface area contributed by atoms with E-state index in [1.807, 2.05) is 29.0 Å². The Morgan fingerprint density at radius 3 is 2.66 bits per heavy atom. The van der Waals surface area contributed by atoms with E-state index >= 15 is 0 Å². The van der Waals surface area contributed by atoms with Gasteiger partial charge in [-0.3, -0.25) is 14.7 Å². The molecule has 2 N–H and O–H groups in total. The summed E-state index contributed by atoms with van der Waals surface area (Å²) in [5.74, 6) is 0.147. The van der Waals surface area contributed by atoms with Crippen LogP contribution in [-0.4, -0.2) is 58.5 Å².